The van der Waals surface area contributed by atoms with Crippen LogP contribution in [0.1, 0.15) is 30.6 Å². The Balaban J connectivity index is 2.26. The topological polar surface area (TPSA) is 66.8 Å². The quantitative estimate of drug-likeness (QED) is 0.924. The largest absolute Gasteiger partial charge is 0.490 e. The van der Waals surface area contributed by atoms with Crippen molar-refractivity contribution in [1.29, 1.82) is 0 Å². The number of hydrogen-bond donors (Lipinski definition) is 1. The number of rotatable bonds is 4. The SMILES string of the molecule is CCOc1c(F)cccc1C(=O)N1CC[C@@](C)(C(=O)O)C1. The Morgan fingerprint density at radius 3 is 2.76 bits per heavy atom. The molecule has 0 spiro atoms. The molecule has 1 fully saturated rings. The lowest BCUT2D eigenvalue weighted by molar-refractivity contribution is -0.147. The van der Waals surface area contributed by atoms with Crippen LogP contribution in [0, 0.1) is 11.2 Å². The van der Waals surface area contributed by atoms with Gasteiger partial charge in [0.2, 0.25) is 0 Å². The molecule has 0 saturated carbocycles. The molecule has 2 rings (SSSR count). The molecule has 0 unspecified atom stereocenters. The van der Waals surface area contributed by atoms with Gasteiger partial charge in [0.1, 0.15) is 0 Å². The first-order valence-corrected chi connectivity index (χ1v) is 6.83. The van der Waals surface area contributed by atoms with Gasteiger partial charge in [0.25, 0.3) is 5.91 Å². The van der Waals surface area contributed by atoms with Crippen LogP contribution in [0.25, 0.3) is 0 Å². The zero-order chi connectivity index (χ0) is 15.6. The molecule has 1 aromatic carbocycles. The fourth-order valence-corrected chi connectivity index (χ4v) is 2.45. The number of para-hydroxylation sites is 1. The molecular weight excluding hydrogens is 277 g/mol. The highest BCUT2D eigenvalue weighted by Crippen LogP contribution is 2.33. The van der Waals surface area contributed by atoms with Crippen molar-refractivity contribution in [3.63, 3.8) is 0 Å². The Kier molecular flexibility index (Phi) is 4.16. The minimum atomic E-state index is -0.950. The van der Waals surface area contributed by atoms with Gasteiger partial charge in [-0.15, -0.1) is 0 Å². The normalized spacial score (nSPS) is 21.4. The van der Waals surface area contributed by atoms with Crippen LogP contribution < -0.4 is 4.74 Å². The average Bonchev–Trinajstić information content (AvgIpc) is 2.84. The summed E-state index contributed by atoms with van der Waals surface area (Å²) in [6, 6.07) is 4.16. The van der Waals surface area contributed by atoms with Gasteiger partial charge in [0, 0.05) is 13.1 Å². The van der Waals surface area contributed by atoms with Crippen LogP contribution in [0.5, 0.6) is 5.75 Å². The Morgan fingerprint density at radius 2 is 2.19 bits per heavy atom. The van der Waals surface area contributed by atoms with Crippen LogP contribution in [-0.2, 0) is 4.79 Å². The third kappa shape index (κ3) is 2.84. The van der Waals surface area contributed by atoms with Crippen molar-refractivity contribution >= 4 is 11.9 Å². The van der Waals surface area contributed by atoms with Gasteiger partial charge in [-0.05, 0) is 32.4 Å². The highest BCUT2D eigenvalue weighted by atomic mass is 19.1. The van der Waals surface area contributed by atoms with E-state index in [2.05, 4.69) is 0 Å². The lowest BCUT2D eigenvalue weighted by atomic mass is 9.90. The maximum absolute atomic E-state index is 13.8. The van der Waals surface area contributed by atoms with Crippen molar-refractivity contribution in [2.24, 2.45) is 5.41 Å². The van der Waals surface area contributed by atoms with Crippen molar-refractivity contribution in [2.45, 2.75) is 20.3 Å². The second-order valence-electron chi connectivity index (χ2n) is 5.39. The molecule has 21 heavy (non-hydrogen) atoms. The Morgan fingerprint density at radius 1 is 1.48 bits per heavy atom. The fourth-order valence-electron chi connectivity index (χ4n) is 2.45. The number of carboxylic acids is 1. The third-order valence-electron chi connectivity index (χ3n) is 3.76. The number of carboxylic acid groups (broad SMARTS) is 1. The van der Waals surface area contributed by atoms with Gasteiger partial charge in [0.05, 0.1) is 17.6 Å². The molecule has 0 aromatic heterocycles. The Bertz CT molecular complexity index is 575. The van der Waals surface area contributed by atoms with Gasteiger partial charge in [-0.1, -0.05) is 6.07 Å². The smallest absolute Gasteiger partial charge is 0.311 e. The van der Waals surface area contributed by atoms with Crippen molar-refractivity contribution in [3.05, 3.63) is 29.6 Å². The second kappa shape index (κ2) is 5.71. The van der Waals surface area contributed by atoms with Crippen LogP contribution in [0.3, 0.4) is 0 Å². The summed E-state index contributed by atoms with van der Waals surface area (Å²) < 4.78 is 19.0. The van der Waals surface area contributed by atoms with E-state index in [4.69, 9.17) is 4.74 Å². The van der Waals surface area contributed by atoms with Crippen LogP contribution in [0.4, 0.5) is 4.39 Å². The van der Waals surface area contributed by atoms with Gasteiger partial charge in [-0.25, -0.2) is 4.39 Å². The second-order valence-corrected chi connectivity index (χ2v) is 5.39. The molecule has 0 radical (unpaired) electrons. The number of benzene rings is 1. The molecule has 0 aliphatic carbocycles. The number of halogens is 1. The van der Waals surface area contributed by atoms with E-state index >= 15 is 0 Å². The Labute approximate surface area is 122 Å². The van der Waals surface area contributed by atoms with Crippen molar-refractivity contribution in [3.8, 4) is 5.75 Å². The van der Waals surface area contributed by atoms with Gasteiger partial charge in [0.15, 0.2) is 11.6 Å². The predicted molar refractivity (Wildman–Crippen MR) is 73.8 cm³/mol. The van der Waals surface area contributed by atoms with Crippen molar-refractivity contribution in [2.75, 3.05) is 19.7 Å². The summed E-state index contributed by atoms with van der Waals surface area (Å²) in [6.45, 7) is 4.01. The fraction of sp³-hybridized carbons (Fsp3) is 0.467. The minimum absolute atomic E-state index is 0.0751. The number of hydrogen-bond acceptors (Lipinski definition) is 3. The van der Waals surface area contributed by atoms with Gasteiger partial charge >= 0.3 is 5.97 Å². The summed E-state index contributed by atoms with van der Waals surface area (Å²) in [7, 11) is 0. The van der Waals surface area contributed by atoms with Gasteiger partial charge < -0.3 is 14.7 Å². The van der Waals surface area contributed by atoms with Gasteiger partial charge in [-0.3, -0.25) is 9.59 Å². The van der Waals surface area contributed by atoms with Crippen molar-refractivity contribution in [1.82, 2.24) is 4.90 Å². The molecule has 1 amide bonds. The number of carbonyl (C=O) groups excluding carboxylic acids is 1. The molecule has 0 bridgehead atoms. The summed E-state index contributed by atoms with van der Waals surface area (Å²) in [5, 5.41) is 9.20. The lowest BCUT2D eigenvalue weighted by Gasteiger charge is -2.21. The number of aliphatic carboxylic acids is 1. The molecule has 1 atom stereocenters. The maximum atomic E-state index is 13.8. The molecule has 5 nitrogen and oxygen atoms in total. The average molecular weight is 295 g/mol. The zero-order valence-corrected chi connectivity index (χ0v) is 12.1. The number of nitrogens with zero attached hydrogens (tertiary/aromatic N) is 1. The molecule has 1 aliphatic heterocycles. The Hall–Kier alpha value is -2.11. The lowest BCUT2D eigenvalue weighted by Crippen LogP contribution is -2.35. The molecule has 1 heterocycles. The van der Waals surface area contributed by atoms with E-state index in [-0.39, 0.29) is 24.5 Å². The highest BCUT2D eigenvalue weighted by molar-refractivity contribution is 5.97. The van der Waals surface area contributed by atoms with Crippen LogP contribution in [0.15, 0.2) is 18.2 Å². The minimum Gasteiger partial charge on any atom is -0.490 e. The molecule has 1 saturated heterocycles. The van der Waals surface area contributed by atoms with E-state index in [0.717, 1.165) is 0 Å². The van der Waals surface area contributed by atoms with Crippen LogP contribution >= 0.6 is 0 Å². The first-order chi connectivity index (χ1) is 9.89. The predicted octanol–water partition coefficient (Wildman–Crippen LogP) is 2.16. The first kappa shape index (κ1) is 15.3. The van der Waals surface area contributed by atoms with E-state index in [0.29, 0.717) is 13.0 Å². The molecule has 1 N–H and O–H groups in total. The number of carbonyl (C=O) groups is 2. The van der Waals surface area contributed by atoms with E-state index in [1.807, 2.05) is 0 Å². The summed E-state index contributed by atoms with van der Waals surface area (Å²) in [4.78, 5) is 25.2. The number of amides is 1. The summed E-state index contributed by atoms with van der Waals surface area (Å²) in [5.74, 6) is -2.00. The maximum Gasteiger partial charge on any atom is 0.311 e. The van der Waals surface area contributed by atoms with E-state index in [1.165, 1.54) is 23.1 Å². The first-order valence-electron chi connectivity index (χ1n) is 6.83. The summed E-state index contributed by atoms with van der Waals surface area (Å²) in [5.41, 5.74) is -0.819. The van der Waals surface area contributed by atoms with E-state index < -0.39 is 23.1 Å². The zero-order valence-electron chi connectivity index (χ0n) is 12.1. The van der Waals surface area contributed by atoms with Crippen LogP contribution in [0.2, 0.25) is 0 Å². The van der Waals surface area contributed by atoms with Gasteiger partial charge in [-0.2, -0.15) is 0 Å². The third-order valence-corrected chi connectivity index (χ3v) is 3.76. The number of ether oxygens (including phenoxy) is 1. The molecule has 114 valence electrons. The summed E-state index contributed by atoms with van der Waals surface area (Å²) in [6.07, 6.45) is 0.382. The highest BCUT2D eigenvalue weighted by Gasteiger charge is 2.42. The standard InChI is InChI=1S/C15H18FNO4/c1-3-21-12-10(5-4-6-11(12)16)13(18)17-8-7-15(2,9-17)14(19)20/h4-6H,3,7-9H2,1-2H3,(H,19,20)/t15-/m1/s1. The van der Waals surface area contributed by atoms with Crippen LogP contribution in [-0.4, -0.2) is 41.6 Å². The molecule has 6 heteroatoms. The van der Waals surface area contributed by atoms with E-state index in [1.54, 1.807) is 13.8 Å². The monoisotopic (exact) mass is 295 g/mol. The summed E-state index contributed by atoms with van der Waals surface area (Å²) >= 11 is 0. The van der Waals surface area contributed by atoms with E-state index in [9.17, 15) is 19.1 Å². The number of likely N-dealkylation sites (tertiary alicyclic amines) is 1. The van der Waals surface area contributed by atoms with Crippen molar-refractivity contribution < 1.29 is 23.8 Å². The molecule has 1 aliphatic rings. The molecular formula is C15H18FNO4. The molecule has 1 aromatic rings.